The molecule has 4 rings (SSSR count). The van der Waals surface area contributed by atoms with Crippen LogP contribution in [0, 0.1) is 12.7 Å². The Morgan fingerprint density at radius 2 is 2.26 bits per heavy atom. The molecule has 0 radical (unpaired) electrons. The van der Waals surface area contributed by atoms with Gasteiger partial charge in [0.25, 0.3) is 5.91 Å². The first-order valence-electron chi connectivity index (χ1n) is 7.73. The molecule has 0 bridgehead atoms. The SMILES string of the molecule is Cc1cnc(C2CCCN2C(=O)c2cc3cccc(F)c3[nH]2)[nH]1. The summed E-state index contributed by atoms with van der Waals surface area (Å²) in [4.78, 5) is 25.2. The molecular formula is C17H17FN4O. The van der Waals surface area contributed by atoms with E-state index in [2.05, 4.69) is 15.0 Å². The van der Waals surface area contributed by atoms with E-state index in [4.69, 9.17) is 0 Å². The summed E-state index contributed by atoms with van der Waals surface area (Å²) in [5.41, 5.74) is 1.77. The number of halogens is 1. The molecule has 23 heavy (non-hydrogen) atoms. The lowest BCUT2D eigenvalue weighted by Gasteiger charge is -2.22. The molecule has 5 nitrogen and oxygen atoms in total. The number of hydrogen-bond acceptors (Lipinski definition) is 2. The third-order valence-corrected chi connectivity index (χ3v) is 4.39. The van der Waals surface area contributed by atoms with Crippen LogP contribution in [0.15, 0.2) is 30.5 Å². The molecule has 1 fully saturated rings. The lowest BCUT2D eigenvalue weighted by atomic mass is 10.2. The monoisotopic (exact) mass is 312 g/mol. The maximum absolute atomic E-state index is 13.8. The number of imidazole rings is 1. The Morgan fingerprint density at radius 3 is 3.00 bits per heavy atom. The average Bonchev–Trinajstić information content (AvgIpc) is 3.24. The van der Waals surface area contributed by atoms with Crippen LogP contribution in [0.1, 0.15) is 40.9 Å². The molecule has 3 heterocycles. The maximum atomic E-state index is 13.8. The van der Waals surface area contributed by atoms with Crippen LogP contribution >= 0.6 is 0 Å². The first kappa shape index (κ1) is 14.0. The number of rotatable bonds is 2. The van der Waals surface area contributed by atoms with E-state index in [1.807, 2.05) is 6.92 Å². The highest BCUT2D eigenvalue weighted by molar-refractivity contribution is 5.98. The largest absolute Gasteiger partial charge is 0.348 e. The molecule has 1 aliphatic rings. The average molecular weight is 312 g/mol. The molecule has 1 amide bonds. The molecule has 1 unspecified atom stereocenters. The van der Waals surface area contributed by atoms with Crippen molar-refractivity contribution in [3.8, 4) is 0 Å². The summed E-state index contributed by atoms with van der Waals surface area (Å²) < 4.78 is 13.8. The number of carbonyl (C=O) groups excluding carboxylic acids is 1. The number of aryl methyl sites for hydroxylation is 1. The van der Waals surface area contributed by atoms with Crippen molar-refractivity contribution in [2.75, 3.05) is 6.54 Å². The number of fused-ring (bicyclic) bond motifs is 1. The number of aromatic nitrogens is 3. The van der Waals surface area contributed by atoms with Crippen molar-refractivity contribution in [3.05, 3.63) is 53.5 Å². The van der Waals surface area contributed by atoms with Crippen LogP contribution in [0.25, 0.3) is 10.9 Å². The summed E-state index contributed by atoms with van der Waals surface area (Å²) in [6.07, 6.45) is 3.59. The zero-order valence-corrected chi connectivity index (χ0v) is 12.8. The van der Waals surface area contributed by atoms with Crippen LogP contribution in [0.5, 0.6) is 0 Å². The van der Waals surface area contributed by atoms with Crippen molar-refractivity contribution in [1.82, 2.24) is 19.9 Å². The van der Waals surface area contributed by atoms with Gasteiger partial charge in [0, 0.05) is 23.8 Å². The van der Waals surface area contributed by atoms with Crippen LogP contribution in [0.3, 0.4) is 0 Å². The van der Waals surface area contributed by atoms with Crippen molar-refractivity contribution in [1.29, 1.82) is 0 Å². The van der Waals surface area contributed by atoms with Crippen LogP contribution in [0.4, 0.5) is 4.39 Å². The van der Waals surface area contributed by atoms with E-state index in [1.54, 1.807) is 29.3 Å². The fraction of sp³-hybridized carbons (Fsp3) is 0.294. The third kappa shape index (κ3) is 2.30. The van der Waals surface area contributed by atoms with Gasteiger partial charge in [-0.2, -0.15) is 0 Å². The first-order valence-corrected chi connectivity index (χ1v) is 7.73. The molecule has 1 aromatic carbocycles. The minimum Gasteiger partial charge on any atom is -0.348 e. The molecule has 1 saturated heterocycles. The van der Waals surface area contributed by atoms with E-state index in [0.717, 1.165) is 24.4 Å². The highest BCUT2D eigenvalue weighted by atomic mass is 19.1. The van der Waals surface area contributed by atoms with Gasteiger partial charge in [-0.3, -0.25) is 4.79 Å². The van der Waals surface area contributed by atoms with E-state index >= 15 is 0 Å². The maximum Gasteiger partial charge on any atom is 0.270 e. The Kier molecular flexibility index (Phi) is 3.18. The zero-order valence-electron chi connectivity index (χ0n) is 12.8. The predicted molar refractivity (Wildman–Crippen MR) is 84.6 cm³/mol. The van der Waals surface area contributed by atoms with Crippen molar-refractivity contribution in [3.63, 3.8) is 0 Å². The third-order valence-electron chi connectivity index (χ3n) is 4.39. The Balaban J connectivity index is 1.68. The second kappa shape index (κ2) is 5.22. The molecule has 1 aliphatic heterocycles. The van der Waals surface area contributed by atoms with Gasteiger partial charge in [-0.05, 0) is 31.9 Å². The van der Waals surface area contributed by atoms with E-state index in [0.29, 0.717) is 23.1 Å². The van der Waals surface area contributed by atoms with Gasteiger partial charge < -0.3 is 14.9 Å². The van der Waals surface area contributed by atoms with E-state index < -0.39 is 0 Å². The first-order chi connectivity index (χ1) is 11.1. The Morgan fingerprint density at radius 1 is 1.39 bits per heavy atom. The van der Waals surface area contributed by atoms with Gasteiger partial charge in [-0.15, -0.1) is 0 Å². The van der Waals surface area contributed by atoms with Gasteiger partial charge in [-0.1, -0.05) is 12.1 Å². The summed E-state index contributed by atoms with van der Waals surface area (Å²) in [6.45, 7) is 2.62. The number of hydrogen-bond donors (Lipinski definition) is 2. The number of nitrogens with one attached hydrogen (secondary N) is 2. The number of nitrogens with zero attached hydrogens (tertiary/aromatic N) is 2. The number of likely N-dealkylation sites (tertiary alicyclic amines) is 1. The standard InChI is InChI=1S/C17H17FN4O/c1-10-9-19-16(20-10)14-6-3-7-22(14)17(23)13-8-11-4-2-5-12(18)15(11)21-13/h2,4-5,8-9,14,21H,3,6-7H2,1H3,(H,19,20). The Labute approximate surface area is 132 Å². The smallest absolute Gasteiger partial charge is 0.270 e. The summed E-state index contributed by atoms with van der Waals surface area (Å²) in [7, 11) is 0. The molecule has 0 aliphatic carbocycles. The molecule has 0 saturated carbocycles. The summed E-state index contributed by atoms with van der Waals surface area (Å²) in [5.74, 6) is 0.356. The molecule has 2 N–H and O–H groups in total. The lowest BCUT2D eigenvalue weighted by molar-refractivity contribution is 0.0725. The molecular weight excluding hydrogens is 295 g/mol. The lowest BCUT2D eigenvalue weighted by Crippen LogP contribution is -2.31. The normalized spacial score (nSPS) is 18.0. The van der Waals surface area contributed by atoms with Crippen molar-refractivity contribution in [2.24, 2.45) is 0 Å². The molecule has 0 spiro atoms. The molecule has 118 valence electrons. The molecule has 1 atom stereocenters. The van der Waals surface area contributed by atoms with Crippen LogP contribution in [-0.2, 0) is 0 Å². The molecule has 6 heteroatoms. The number of para-hydroxylation sites is 1. The number of carbonyl (C=O) groups is 1. The Hall–Kier alpha value is -2.63. The minimum absolute atomic E-state index is 0.0486. The summed E-state index contributed by atoms with van der Waals surface area (Å²) in [5, 5.41) is 0.706. The van der Waals surface area contributed by atoms with Crippen molar-refractivity contribution in [2.45, 2.75) is 25.8 Å². The number of H-pyrrole nitrogens is 2. The van der Waals surface area contributed by atoms with E-state index in [-0.39, 0.29) is 17.8 Å². The fourth-order valence-electron chi connectivity index (χ4n) is 3.29. The summed E-state index contributed by atoms with van der Waals surface area (Å²) in [6, 6.07) is 6.49. The summed E-state index contributed by atoms with van der Waals surface area (Å²) >= 11 is 0. The second-order valence-corrected chi connectivity index (χ2v) is 6.00. The van der Waals surface area contributed by atoms with E-state index in [1.165, 1.54) is 6.07 Å². The van der Waals surface area contributed by atoms with Gasteiger partial charge >= 0.3 is 0 Å². The fourth-order valence-corrected chi connectivity index (χ4v) is 3.29. The highest BCUT2D eigenvalue weighted by Gasteiger charge is 2.33. The van der Waals surface area contributed by atoms with Crippen LogP contribution < -0.4 is 0 Å². The number of amides is 1. The molecule has 3 aromatic rings. The number of aromatic amines is 2. The van der Waals surface area contributed by atoms with Gasteiger partial charge in [0.05, 0.1) is 11.6 Å². The van der Waals surface area contributed by atoms with Gasteiger partial charge in [0.15, 0.2) is 0 Å². The Bertz CT molecular complexity index is 882. The highest BCUT2D eigenvalue weighted by Crippen LogP contribution is 2.32. The van der Waals surface area contributed by atoms with Crippen molar-refractivity contribution >= 4 is 16.8 Å². The molecule has 2 aromatic heterocycles. The number of benzene rings is 1. The van der Waals surface area contributed by atoms with Crippen LogP contribution in [-0.4, -0.2) is 32.3 Å². The van der Waals surface area contributed by atoms with Gasteiger partial charge in [-0.25, -0.2) is 9.37 Å². The van der Waals surface area contributed by atoms with Crippen LogP contribution in [0.2, 0.25) is 0 Å². The van der Waals surface area contributed by atoms with Gasteiger partial charge in [0.2, 0.25) is 0 Å². The second-order valence-electron chi connectivity index (χ2n) is 6.00. The van der Waals surface area contributed by atoms with Gasteiger partial charge in [0.1, 0.15) is 17.3 Å². The quantitative estimate of drug-likeness (QED) is 0.762. The minimum atomic E-state index is -0.346. The predicted octanol–water partition coefficient (Wildman–Crippen LogP) is 3.32. The van der Waals surface area contributed by atoms with E-state index in [9.17, 15) is 9.18 Å². The zero-order chi connectivity index (χ0) is 16.0. The van der Waals surface area contributed by atoms with Crippen molar-refractivity contribution < 1.29 is 9.18 Å². The topological polar surface area (TPSA) is 64.8 Å².